The number of rotatable bonds is 0. The molecule has 0 saturated heterocycles. The normalized spacial score (nSPS) is 13.7. The standard InChI is InChI=1S/2C19H21NO/c2*1-10-8-15-6-7-16-13(4)11(2)12(3)14(5)17(16)19(21)18(15)20-9-10/h2*8-9H,6-7H2,1-5H3. The zero-order chi connectivity index (χ0) is 30.6. The van der Waals surface area contributed by atoms with Crippen LogP contribution in [0.4, 0.5) is 0 Å². The summed E-state index contributed by atoms with van der Waals surface area (Å²) in [6.07, 6.45) is 7.23. The summed E-state index contributed by atoms with van der Waals surface area (Å²) in [5.41, 5.74) is 19.8. The molecule has 2 aromatic carbocycles. The van der Waals surface area contributed by atoms with E-state index in [4.69, 9.17) is 0 Å². The van der Waals surface area contributed by atoms with Gasteiger partial charge in [0.05, 0.1) is 0 Å². The number of aromatic nitrogens is 2. The van der Waals surface area contributed by atoms with E-state index >= 15 is 0 Å². The maximum absolute atomic E-state index is 13.0. The van der Waals surface area contributed by atoms with Crippen LogP contribution < -0.4 is 0 Å². The Morgan fingerprint density at radius 2 is 0.786 bits per heavy atom. The van der Waals surface area contributed by atoms with Crippen LogP contribution in [0.5, 0.6) is 0 Å². The molecule has 0 saturated carbocycles. The number of carbonyl (C=O) groups excluding carboxylic acids is 2. The van der Waals surface area contributed by atoms with Gasteiger partial charge in [0.2, 0.25) is 11.6 Å². The van der Waals surface area contributed by atoms with Crippen molar-refractivity contribution < 1.29 is 9.59 Å². The molecule has 0 fully saturated rings. The predicted molar refractivity (Wildman–Crippen MR) is 170 cm³/mol. The molecule has 0 atom stereocenters. The van der Waals surface area contributed by atoms with Crippen molar-refractivity contribution in [2.75, 3.05) is 0 Å². The second kappa shape index (κ2) is 11.1. The van der Waals surface area contributed by atoms with Gasteiger partial charge in [0.15, 0.2) is 0 Å². The van der Waals surface area contributed by atoms with Gasteiger partial charge >= 0.3 is 0 Å². The Labute approximate surface area is 250 Å². The highest BCUT2D eigenvalue weighted by atomic mass is 16.1. The molecule has 216 valence electrons. The Morgan fingerprint density at radius 3 is 1.14 bits per heavy atom. The summed E-state index contributed by atoms with van der Waals surface area (Å²) in [5, 5.41) is 0. The summed E-state index contributed by atoms with van der Waals surface area (Å²) < 4.78 is 0. The third kappa shape index (κ3) is 4.81. The molecule has 2 aliphatic rings. The Balaban J connectivity index is 0.000000168. The summed E-state index contributed by atoms with van der Waals surface area (Å²) in [4.78, 5) is 34.9. The number of carbonyl (C=O) groups is 2. The SMILES string of the molecule is Cc1cnc2c(c1)CCc1c(C)c(C)c(C)c(C)c1C2=O.Cc1cnc2c(c1)CCc1c(C)c(C)c(C)c(C)c1C2=O. The maximum Gasteiger partial charge on any atom is 0.212 e. The molecule has 0 radical (unpaired) electrons. The van der Waals surface area contributed by atoms with Crippen molar-refractivity contribution in [3.8, 4) is 0 Å². The number of benzene rings is 2. The topological polar surface area (TPSA) is 59.9 Å². The second-order valence-electron chi connectivity index (χ2n) is 12.4. The first-order valence-corrected chi connectivity index (χ1v) is 15.0. The lowest BCUT2D eigenvalue weighted by Crippen LogP contribution is -2.12. The van der Waals surface area contributed by atoms with E-state index in [9.17, 15) is 9.59 Å². The molecule has 2 aromatic heterocycles. The van der Waals surface area contributed by atoms with E-state index < -0.39 is 0 Å². The average molecular weight is 559 g/mol. The van der Waals surface area contributed by atoms with E-state index in [1.54, 1.807) is 12.4 Å². The summed E-state index contributed by atoms with van der Waals surface area (Å²) in [5.74, 6) is 0.197. The molecule has 0 bridgehead atoms. The number of hydrogen-bond acceptors (Lipinski definition) is 4. The van der Waals surface area contributed by atoms with Crippen molar-refractivity contribution in [1.29, 1.82) is 0 Å². The first-order chi connectivity index (χ1) is 19.8. The molecule has 0 unspecified atom stereocenters. The van der Waals surface area contributed by atoms with Crippen molar-refractivity contribution in [2.45, 2.75) is 94.9 Å². The van der Waals surface area contributed by atoms with Gasteiger partial charge in [-0.15, -0.1) is 0 Å². The van der Waals surface area contributed by atoms with Crippen LogP contribution in [-0.2, 0) is 25.7 Å². The quantitative estimate of drug-likeness (QED) is 0.220. The first-order valence-electron chi connectivity index (χ1n) is 15.0. The zero-order valence-electron chi connectivity index (χ0n) is 26.8. The second-order valence-corrected chi connectivity index (χ2v) is 12.4. The molecule has 2 heterocycles. The lowest BCUT2D eigenvalue weighted by molar-refractivity contribution is 0.102. The monoisotopic (exact) mass is 558 g/mol. The lowest BCUT2D eigenvalue weighted by Gasteiger charge is -2.18. The van der Waals surface area contributed by atoms with Gasteiger partial charge in [-0.3, -0.25) is 19.6 Å². The van der Waals surface area contributed by atoms with E-state index in [-0.39, 0.29) is 11.6 Å². The highest BCUT2D eigenvalue weighted by Gasteiger charge is 2.28. The van der Waals surface area contributed by atoms with Gasteiger partial charge in [-0.05, 0) is 173 Å². The highest BCUT2D eigenvalue weighted by molar-refractivity contribution is 6.12. The Hall–Kier alpha value is -3.92. The largest absolute Gasteiger partial charge is 0.287 e. The molecule has 4 aromatic rings. The Bertz CT molecular complexity index is 1680. The molecule has 0 spiro atoms. The van der Waals surface area contributed by atoms with Crippen LogP contribution in [0.2, 0.25) is 0 Å². The van der Waals surface area contributed by atoms with Gasteiger partial charge in [0.1, 0.15) is 11.4 Å². The van der Waals surface area contributed by atoms with Crippen LogP contribution in [0.1, 0.15) is 110 Å². The number of nitrogens with zero attached hydrogens (tertiary/aromatic N) is 2. The van der Waals surface area contributed by atoms with E-state index in [1.807, 2.05) is 13.8 Å². The molecule has 0 amide bonds. The minimum Gasteiger partial charge on any atom is -0.287 e. The van der Waals surface area contributed by atoms with Crippen LogP contribution in [0, 0.1) is 69.2 Å². The fraction of sp³-hybridized carbons (Fsp3) is 0.368. The average Bonchev–Trinajstić information content (AvgIpc) is 3.20. The lowest BCUT2D eigenvalue weighted by atomic mass is 9.86. The van der Waals surface area contributed by atoms with Gasteiger partial charge in [0.25, 0.3) is 0 Å². The van der Waals surface area contributed by atoms with Crippen molar-refractivity contribution in [3.63, 3.8) is 0 Å². The maximum atomic E-state index is 13.0. The zero-order valence-corrected chi connectivity index (χ0v) is 26.8. The Kier molecular flexibility index (Phi) is 7.78. The molecule has 0 aliphatic heterocycles. The molecule has 4 nitrogen and oxygen atoms in total. The third-order valence-electron chi connectivity index (χ3n) is 10.0. The van der Waals surface area contributed by atoms with Gasteiger partial charge < -0.3 is 0 Å². The minimum absolute atomic E-state index is 0.0983. The molecule has 6 rings (SSSR count). The summed E-state index contributed by atoms with van der Waals surface area (Å²) in [7, 11) is 0. The van der Waals surface area contributed by atoms with Gasteiger partial charge in [-0.1, -0.05) is 12.1 Å². The van der Waals surface area contributed by atoms with Crippen molar-refractivity contribution in [3.05, 3.63) is 125 Å². The summed E-state index contributed by atoms with van der Waals surface area (Å²) in [6.45, 7) is 21.0. The summed E-state index contributed by atoms with van der Waals surface area (Å²) in [6, 6.07) is 4.22. The van der Waals surface area contributed by atoms with Crippen LogP contribution in [0.25, 0.3) is 0 Å². The van der Waals surface area contributed by atoms with E-state index in [1.165, 1.54) is 44.5 Å². The predicted octanol–water partition coefficient (Wildman–Crippen LogP) is 7.91. The third-order valence-corrected chi connectivity index (χ3v) is 10.0. The molecular weight excluding hydrogens is 516 g/mol. The van der Waals surface area contributed by atoms with Crippen LogP contribution >= 0.6 is 0 Å². The first kappa shape index (κ1) is 29.6. The smallest absolute Gasteiger partial charge is 0.212 e. The minimum atomic E-state index is 0.0983. The van der Waals surface area contributed by atoms with Crippen LogP contribution in [-0.4, -0.2) is 21.5 Å². The number of ketones is 2. The van der Waals surface area contributed by atoms with E-state index in [2.05, 4.69) is 77.5 Å². The molecule has 42 heavy (non-hydrogen) atoms. The van der Waals surface area contributed by atoms with Crippen LogP contribution in [0.15, 0.2) is 24.5 Å². The van der Waals surface area contributed by atoms with Gasteiger partial charge in [0, 0.05) is 23.5 Å². The van der Waals surface area contributed by atoms with E-state index in [0.717, 1.165) is 70.2 Å². The number of pyridine rings is 2. The van der Waals surface area contributed by atoms with Crippen molar-refractivity contribution >= 4 is 11.6 Å². The van der Waals surface area contributed by atoms with Gasteiger partial charge in [-0.2, -0.15) is 0 Å². The highest BCUT2D eigenvalue weighted by Crippen LogP contribution is 2.34. The van der Waals surface area contributed by atoms with Gasteiger partial charge in [-0.25, -0.2) is 0 Å². The van der Waals surface area contributed by atoms with Crippen molar-refractivity contribution in [1.82, 2.24) is 9.97 Å². The van der Waals surface area contributed by atoms with Crippen LogP contribution in [0.3, 0.4) is 0 Å². The number of fused-ring (bicyclic) bond motifs is 4. The number of hydrogen-bond donors (Lipinski definition) is 0. The molecule has 0 N–H and O–H groups in total. The van der Waals surface area contributed by atoms with Crippen molar-refractivity contribution in [2.24, 2.45) is 0 Å². The molecular formula is C38H42N2O2. The summed E-state index contributed by atoms with van der Waals surface area (Å²) >= 11 is 0. The fourth-order valence-corrected chi connectivity index (χ4v) is 6.83. The Morgan fingerprint density at radius 1 is 0.452 bits per heavy atom. The van der Waals surface area contributed by atoms with E-state index in [0.29, 0.717) is 11.4 Å². The molecule has 2 aliphatic carbocycles. The molecule has 4 heteroatoms. The fourth-order valence-electron chi connectivity index (χ4n) is 6.83. The number of aryl methyl sites for hydroxylation is 4.